The summed E-state index contributed by atoms with van der Waals surface area (Å²) in [6, 6.07) is 15.7. The number of hydrogen-bond donors (Lipinski definition) is 2. The zero-order valence-electron chi connectivity index (χ0n) is 14.7. The minimum Gasteiger partial charge on any atom is -0.458 e. The van der Waals surface area contributed by atoms with Crippen LogP contribution >= 0.6 is 0 Å². The largest absolute Gasteiger partial charge is 0.458 e. The van der Waals surface area contributed by atoms with Gasteiger partial charge in [0.15, 0.2) is 0 Å². The molecule has 3 fully saturated rings. The van der Waals surface area contributed by atoms with Gasteiger partial charge < -0.3 is 15.6 Å². The summed E-state index contributed by atoms with van der Waals surface area (Å²) < 4.78 is 5.87. The van der Waals surface area contributed by atoms with Crippen molar-refractivity contribution < 1.29 is 14.6 Å². The van der Waals surface area contributed by atoms with E-state index in [4.69, 9.17) is 10.5 Å². The van der Waals surface area contributed by atoms with E-state index < -0.39 is 11.6 Å². The Morgan fingerprint density at radius 2 is 1.65 bits per heavy atom. The summed E-state index contributed by atoms with van der Waals surface area (Å²) in [7, 11) is 0. The number of piperidine rings is 3. The van der Waals surface area contributed by atoms with Crippen molar-refractivity contribution in [3.63, 3.8) is 0 Å². The van der Waals surface area contributed by atoms with Crippen molar-refractivity contribution in [2.45, 2.75) is 24.5 Å². The number of anilines is 1. The van der Waals surface area contributed by atoms with E-state index in [1.54, 1.807) is 48.5 Å². The number of esters is 1. The Bertz CT molecular complexity index is 770. The number of aliphatic hydroxyl groups is 1. The summed E-state index contributed by atoms with van der Waals surface area (Å²) in [6.07, 6.45) is 1.93. The predicted molar refractivity (Wildman–Crippen MR) is 99.3 cm³/mol. The van der Waals surface area contributed by atoms with Crippen molar-refractivity contribution in [3.8, 4) is 0 Å². The molecular weight excluding hydrogens is 328 g/mol. The summed E-state index contributed by atoms with van der Waals surface area (Å²) in [5, 5.41) is 11.5. The quantitative estimate of drug-likeness (QED) is 0.651. The van der Waals surface area contributed by atoms with E-state index in [0.717, 1.165) is 32.5 Å². The van der Waals surface area contributed by atoms with Crippen LogP contribution in [0.1, 0.15) is 24.0 Å². The van der Waals surface area contributed by atoms with Gasteiger partial charge in [-0.2, -0.15) is 0 Å². The number of fused-ring (bicyclic) bond motifs is 3. The zero-order valence-corrected chi connectivity index (χ0v) is 14.7. The third-order valence-corrected chi connectivity index (χ3v) is 5.67. The first kappa shape index (κ1) is 17.1. The molecule has 0 aromatic heterocycles. The first-order valence-electron chi connectivity index (χ1n) is 9.15. The number of hydrogen-bond acceptors (Lipinski definition) is 5. The molecule has 0 aliphatic carbocycles. The molecule has 0 radical (unpaired) electrons. The van der Waals surface area contributed by atoms with Crippen molar-refractivity contribution in [1.82, 2.24) is 4.90 Å². The highest BCUT2D eigenvalue weighted by atomic mass is 16.6. The van der Waals surface area contributed by atoms with Gasteiger partial charge in [0.05, 0.1) is 0 Å². The molecule has 2 aromatic rings. The summed E-state index contributed by atoms with van der Waals surface area (Å²) >= 11 is 0. The number of nitrogens with two attached hydrogens (primary N) is 1. The Kier molecular flexibility index (Phi) is 4.42. The van der Waals surface area contributed by atoms with Gasteiger partial charge in [0.25, 0.3) is 0 Å². The normalized spacial score (nSPS) is 26.9. The van der Waals surface area contributed by atoms with Crippen LogP contribution < -0.4 is 5.73 Å². The SMILES string of the molecule is Nc1ccc(C(O)(C(=O)OC2CN3CCC2CC3)c2ccccc2)cc1. The van der Waals surface area contributed by atoms with E-state index in [1.807, 2.05) is 6.07 Å². The molecule has 0 saturated carbocycles. The molecule has 2 aromatic carbocycles. The molecule has 2 bridgehead atoms. The van der Waals surface area contributed by atoms with Crippen molar-refractivity contribution >= 4 is 11.7 Å². The highest BCUT2D eigenvalue weighted by Gasteiger charge is 2.45. The monoisotopic (exact) mass is 352 g/mol. The minimum atomic E-state index is -1.85. The van der Waals surface area contributed by atoms with E-state index in [1.165, 1.54) is 0 Å². The molecule has 3 aliphatic rings. The van der Waals surface area contributed by atoms with E-state index in [2.05, 4.69) is 4.90 Å². The average molecular weight is 352 g/mol. The van der Waals surface area contributed by atoms with Gasteiger partial charge in [0.1, 0.15) is 6.10 Å². The summed E-state index contributed by atoms with van der Waals surface area (Å²) in [6.45, 7) is 2.89. The van der Waals surface area contributed by atoms with Crippen LogP contribution in [0.5, 0.6) is 0 Å². The summed E-state index contributed by atoms with van der Waals surface area (Å²) in [5.41, 5.74) is 5.46. The highest BCUT2D eigenvalue weighted by Crippen LogP contribution is 2.35. The average Bonchev–Trinajstić information content (AvgIpc) is 2.69. The zero-order chi connectivity index (χ0) is 18.1. The first-order chi connectivity index (χ1) is 12.6. The fraction of sp³-hybridized carbons (Fsp3) is 0.381. The minimum absolute atomic E-state index is 0.158. The van der Waals surface area contributed by atoms with Crippen LogP contribution in [0.15, 0.2) is 54.6 Å². The molecule has 5 nitrogen and oxygen atoms in total. The smallest absolute Gasteiger partial charge is 0.348 e. The Morgan fingerprint density at radius 3 is 2.23 bits per heavy atom. The molecule has 2 atom stereocenters. The second-order valence-electron chi connectivity index (χ2n) is 7.28. The Labute approximate surface area is 153 Å². The second-order valence-corrected chi connectivity index (χ2v) is 7.28. The molecule has 3 heterocycles. The van der Waals surface area contributed by atoms with Gasteiger partial charge in [-0.1, -0.05) is 42.5 Å². The Balaban J connectivity index is 1.66. The standard InChI is InChI=1S/C21H24N2O3/c22-18-8-6-17(7-9-18)21(25,16-4-2-1-3-5-16)20(24)26-19-14-23-12-10-15(19)11-13-23/h1-9,15,19,25H,10-14,22H2. The highest BCUT2D eigenvalue weighted by molar-refractivity contribution is 5.85. The fourth-order valence-corrected chi connectivity index (χ4v) is 4.07. The maximum absolute atomic E-state index is 13.2. The number of carbonyl (C=O) groups excluding carboxylic acids is 1. The number of nitrogen functional groups attached to an aromatic ring is 1. The van der Waals surface area contributed by atoms with Crippen LogP contribution in [-0.2, 0) is 15.1 Å². The third-order valence-electron chi connectivity index (χ3n) is 5.67. The van der Waals surface area contributed by atoms with Crippen molar-refractivity contribution in [2.75, 3.05) is 25.4 Å². The lowest BCUT2D eigenvalue weighted by Gasteiger charge is -2.44. The van der Waals surface area contributed by atoms with Gasteiger partial charge >= 0.3 is 5.97 Å². The molecule has 26 heavy (non-hydrogen) atoms. The Hall–Kier alpha value is -2.37. The number of rotatable bonds is 4. The molecule has 5 heteroatoms. The van der Waals surface area contributed by atoms with Crippen LogP contribution in [0.2, 0.25) is 0 Å². The van der Waals surface area contributed by atoms with Gasteiger partial charge in [0.2, 0.25) is 5.60 Å². The van der Waals surface area contributed by atoms with Gasteiger partial charge in [-0.15, -0.1) is 0 Å². The van der Waals surface area contributed by atoms with Crippen molar-refractivity contribution in [1.29, 1.82) is 0 Å². The molecule has 3 aliphatic heterocycles. The van der Waals surface area contributed by atoms with Gasteiger partial charge in [-0.05, 0) is 55.1 Å². The molecule has 3 saturated heterocycles. The molecule has 0 spiro atoms. The molecule has 3 N–H and O–H groups in total. The first-order valence-corrected chi connectivity index (χ1v) is 9.15. The van der Waals surface area contributed by atoms with Gasteiger partial charge in [-0.25, -0.2) is 4.79 Å². The second kappa shape index (κ2) is 6.74. The molecule has 5 rings (SSSR count). The molecule has 136 valence electrons. The van der Waals surface area contributed by atoms with E-state index in [9.17, 15) is 9.90 Å². The van der Waals surface area contributed by atoms with E-state index in [-0.39, 0.29) is 6.10 Å². The molecule has 2 unspecified atom stereocenters. The predicted octanol–water partition coefficient (Wildman–Crippen LogP) is 2.14. The summed E-state index contributed by atoms with van der Waals surface area (Å²) in [4.78, 5) is 15.5. The maximum atomic E-state index is 13.2. The van der Waals surface area contributed by atoms with Crippen molar-refractivity contribution in [2.24, 2.45) is 5.92 Å². The number of ether oxygens (including phenoxy) is 1. The number of benzene rings is 2. The molecule has 0 amide bonds. The lowest BCUT2D eigenvalue weighted by molar-refractivity contribution is -0.177. The van der Waals surface area contributed by atoms with Crippen LogP contribution in [0.25, 0.3) is 0 Å². The van der Waals surface area contributed by atoms with E-state index in [0.29, 0.717) is 22.7 Å². The maximum Gasteiger partial charge on any atom is 0.348 e. The number of nitrogens with zero attached hydrogens (tertiary/aromatic N) is 1. The third kappa shape index (κ3) is 2.97. The fourth-order valence-electron chi connectivity index (χ4n) is 4.07. The van der Waals surface area contributed by atoms with Gasteiger partial charge in [-0.3, -0.25) is 4.90 Å². The summed E-state index contributed by atoms with van der Waals surface area (Å²) in [5.74, 6) is -0.234. The van der Waals surface area contributed by atoms with E-state index >= 15 is 0 Å². The molecular formula is C21H24N2O3. The topological polar surface area (TPSA) is 75.8 Å². The lowest BCUT2D eigenvalue weighted by Crippen LogP contribution is -2.53. The number of carbonyl (C=O) groups is 1. The lowest BCUT2D eigenvalue weighted by atomic mass is 9.84. The van der Waals surface area contributed by atoms with Crippen LogP contribution in [0.3, 0.4) is 0 Å². The van der Waals surface area contributed by atoms with Crippen LogP contribution in [0, 0.1) is 5.92 Å². The van der Waals surface area contributed by atoms with Crippen LogP contribution in [0.4, 0.5) is 5.69 Å². The van der Waals surface area contributed by atoms with Crippen molar-refractivity contribution in [3.05, 3.63) is 65.7 Å². The van der Waals surface area contributed by atoms with Crippen LogP contribution in [-0.4, -0.2) is 41.7 Å². The Morgan fingerprint density at radius 1 is 1.04 bits per heavy atom. The van der Waals surface area contributed by atoms with Gasteiger partial charge in [0, 0.05) is 12.2 Å².